The Morgan fingerprint density at radius 3 is 2.88 bits per heavy atom. The van der Waals surface area contributed by atoms with Gasteiger partial charge in [-0.15, -0.1) is 0 Å². The Balaban J connectivity index is 2.05. The number of hydrogen-bond donors (Lipinski definition) is 1. The molecular formula is C11H12N4S. The Morgan fingerprint density at radius 2 is 2.12 bits per heavy atom. The van der Waals surface area contributed by atoms with Crippen LogP contribution in [0.15, 0.2) is 35.7 Å². The van der Waals surface area contributed by atoms with Crippen molar-refractivity contribution in [3.8, 4) is 0 Å². The van der Waals surface area contributed by atoms with Crippen LogP contribution in [0.5, 0.6) is 0 Å². The Morgan fingerprint density at radius 1 is 1.25 bits per heavy atom. The average molecular weight is 232 g/mol. The first-order valence-corrected chi connectivity index (χ1v) is 5.86. The summed E-state index contributed by atoms with van der Waals surface area (Å²) in [5.74, 6) is 1.31. The number of nitrogen functional groups attached to an aromatic ring is 1. The van der Waals surface area contributed by atoms with Gasteiger partial charge in [-0.2, -0.15) is 0 Å². The van der Waals surface area contributed by atoms with Crippen molar-refractivity contribution in [2.24, 2.45) is 0 Å². The normalized spacial score (nSPS) is 10.3. The molecule has 0 radical (unpaired) electrons. The van der Waals surface area contributed by atoms with Gasteiger partial charge in [0.1, 0.15) is 5.82 Å². The summed E-state index contributed by atoms with van der Waals surface area (Å²) in [6.45, 7) is 1.95. The molecule has 0 aliphatic rings. The number of aromatic nitrogens is 3. The van der Waals surface area contributed by atoms with Crippen LogP contribution in [0.25, 0.3) is 0 Å². The van der Waals surface area contributed by atoms with Crippen molar-refractivity contribution in [1.82, 2.24) is 15.0 Å². The highest BCUT2D eigenvalue weighted by molar-refractivity contribution is 7.98. The maximum atomic E-state index is 5.75. The Bertz CT molecular complexity index is 487. The highest BCUT2D eigenvalue weighted by Crippen LogP contribution is 2.21. The number of rotatable bonds is 3. The summed E-state index contributed by atoms with van der Waals surface area (Å²) in [4.78, 5) is 12.5. The van der Waals surface area contributed by atoms with E-state index in [0.29, 0.717) is 5.82 Å². The highest BCUT2D eigenvalue weighted by Gasteiger charge is 2.02. The second-order valence-electron chi connectivity index (χ2n) is 3.32. The second-order valence-corrected chi connectivity index (χ2v) is 4.26. The maximum Gasteiger partial charge on any atom is 0.188 e. The molecule has 0 bridgehead atoms. The Hall–Kier alpha value is -1.62. The molecule has 5 heteroatoms. The smallest absolute Gasteiger partial charge is 0.188 e. The lowest BCUT2D eigenvalue weighted by Crippen LogP contribution is -1.96. The van der Waals surface area contributed by atoms with Crippen LogP contribution in [-0.2, 0) is 5.75 Å². The first-order chi connectivity index (χ1) is 7.75. The lowest BCUT2D eigenvalue weighted by atomic mass is 10.3. The zero-order valence-electron chi connectivity index (χ0n) is 8.92. The third kappa shape index (κ3) is 2.70. The van der Waals surface area contributed by atoms with Gasteiger partial charge in [0.25, 0.3) is 0 Å². The number of nitrogens with two attached hydrogens (primary N) is 1. The lowest BCUT2D eigenvalue weighted by molar-refractivity contribution is 0.932. The van der Waals surface area contributed by atoms with Gasteiger partial charge in [-0.25, -0.2) is 15.0 Å². The monoisotopic (exact) mass is 232 g/mol. The molecule has 0 saturated heterocycles. The number of anilines is 1. The SMILES string of the molecule is Cc1ccnc(SCc2cccnc2N)n1. The standard InChI is InChI=1S/C11H12N4S/c1-8-4-6-14-11(15-8)16-7-9-3-2-5-13-10(9)12/h2-6H,7H2,1H3,(H2,12,13). The molecule has 0 saturated carbocycles. The van der Waals surface area contributed by atoms with Crippen LogP contribution in [-0.4, -0.2) is 15.0 Å². The van der Waals surface area contributed by atoms with Gasteiger partial charge >= 0.3 is 0 Å². The van der Waals surface area contributed by atoms with E-state index in [1.54, 1.807) is 24.2 Å². The molecule has 0 spiro atoms. The number of aryl methyl sites for hydroxylation is 1. The van der Waals surface area contributed by atoms with E-state index in [2.05, 4.69) is 15.0 Å². The van der Waals surface area contributed by atoms with Gasteiger partial charge in [0.15, 0.2) is 5.16 Å². The summed E-state index contributed by atoms with van der Waals surface area (Å²) in [5, 5.41) is 0.767. The van der Waals surface area contributed by atoms with E-state index in [1.807, 2.05) is 25.1 Å². The molecule has 2 rings (SSSR count). The maximum absolute atomic E-state index is 5.75. The summed E-state index contributed by atoms with van der Waals surface area (Å²) in [6.07, 6.45) is 3.45. The Labute approximate surface area is 98.3 Å². The zero-order valence-corrected chi connectivity index (χ0v) is 9.74. The van der Waals surface area contributed by atoms with Gasteiger partial charge in [0.2, 0.25) is 0 Å². The summed E-state index contributed by atoms with van der Waals surface area (Å²) >= 11 is 1.56. The quantitative estimate of drug-likeness (QED) is 0.648. The predicted octanol–water partition coefficient (Wildman–Crippen LogP) is 2.05. The van der Waals surface area contributed by atoms with Crippen LogP contribution in [0.4, 0.5) is 5.82 Å². The molecule has 0 unspecified atom stereocenters. The highest BCUT2D eigenvalue weighted by atomic mass is 32.2. The molecule has 2 aromatic rings. The molecule has 0 fully saturated rings. The number of pyridine rings is 1. The minimum atomic E-state index is 0.572. The topological polar surface area (TPSA) is 64.7 Å². The molecule has 2 N–H and O–H groups in total. The number of hydrogen-bond acceptors (Lipinski definition) is 5. The molecule has 0 aliphatic heterocycles. The molecule has 16 heavy (non-hydrogen) atoms. The van der Waals surface area contributed by atoms with Crippen molar-refractivity contribution in [2.75, 3.05) is 5.73 Å². The van der Waals surface area contributed by atoms with Gasteiger partial charge in [-0.1, -0.05) is 17.8 Å². The van der Waals surface area contributed by atoms with Gasteiger partial charge in [-0.3, -0.25) is 0 Å². The van der Waals surface area contributed by atoms with Crippen LogP contribution < -0.4 is 5.73 Å². The van der Waals surface area contributed by atoms with E-state index in [1.165, 1.54) is 0 Å². The molecule has 0 atom stereocenters. The van der Waals surface area contributed by atoms with Gasteiger partial charge in [0, 0.05) is 29.4 Å². The third-order valence-corrected chi connectivity index (χ3v) is 2.97. The molecule has 4 nitrogen and oxygen atoms in total. The fourth-order valence-electron chi connectivity index (χ4n) is 1.21. The van der Waals surface area contributed by atoms with E-state index in [4.69, 9.17) is 5.73 Å². The van der Waals surface area contributed by atoms with Crippen LogP contribution in [0, 0.1) is 6.92 Å². The molecule has 2 aromatic heterocycles. The zero-order chi connectivity index (χ0) is 11.4. The van der Waals surface area contributed by atoms with Crippen molar-refractivity contribution in [1.29, 1.82) is 0 Å². The average Bonchev–Trinajstić information content (AvgIpc) is 2.28. The summed E-state index contributed by atoms with van der Waals surface area (Å²) in [7, 11) is 0. The summed E-state index contributed by atoms with van der Waals surface area (Å²) in [6, 6.07) is 5.72. The summed E-state index contributed by atoms with van der Waals surface area (Å²) in [5.41, 5.74) is 7.73. The van der Waals surface area contributed by atoms with Crippen molar-refractivity contribution < 1.29 is 0 Å². The van der Waals surface area contributed by atoms with Gasteiger partial charge in [0.05, 0.1) is 0 Å². The van der Waals surface area contributed by atoms with Crippen LogP contribution >= 0.6 is 11.8 Å². The third-order valence-electron chi connectivity index (χ3n) is 2.06. The minimum Gasteiger partial charge on any atom is -0.383 e. The van der Waals surface area contributed by atoms with Crippen LogP contribution in [0.1, 0.15) is 11.3 Å². The molecule has 82 valence electrons. The van der Waals surface area contributed by atoms with Gasteiger partial charge < -0.3 is 5.73 Å². The fraction of sp³-hybridized carbons (Fsp3) is 0.182. The van der Waals surface area contributed by atoms with Crippen LogP contribution in [0.2, 0.25) is 0 Å². The first-order valence-electron chi connectivity index (χ1n) is 4.87. The van der Waals surface area contributed by atoms with Gasteiger partial charge in [-0.05, 0) is 19.1 Å². The first kappa shape index (κ1) is 10.9. The van der Waals surface area contributed by atoms with E-state index >= 15 is 0 Å². The molecule has 2 heterocycles. The van der Waals surface area contributed by atoms with E-state index in [0.717, 1.165) is 22.2 Å². The predicted molar refractivity (Wildman–Crippen MR) is 65.0 cm³/mol. The van der Waals surface area contributed by atoms with E-state index in [9.17, 15) is 0 Å². The van der Waals surface area contributed by atoms with Crippen molar-refractivity contribution >= 4 is 17.6 Å². The molecular weight excluding hydrogens is 220 g/mol. The fourth-order valence-corrected chi connectivity index (χ4v) is 2.08. The minimum absolute atomic E-state index is 0.572. The lowest BCUT2D eigenvalue weighted by Gasteiger charge is -2.03. The molecule has 0 aliphatic carbocycles. The van der Waals surface area contributed by atoms with E-state index < -0.39 is 0 Å². The number of nitrogens with zero attached hydrogens (tertiary/aromatic N) is 3. The summed E-state index contributed by atoms with van der Waals surface area (Å²) < 4.78 is 0. The second kappa shape index (κ2) is 4.94. The molecule has 0 aromatic carbocycles. The number of thioether (sulfide) groups is 1. The van der Waals surface area contributed by atoms with Crippen molar-refractivity contribution in [3.63, 3.8) is 0 Å². The van der Waals surface area contributed by atoms with E-state index in [-0.39, 0.29) is 0 Å². The Kier molecular flexibility index (Phi) is 3.36. The van der Waals surface area contributed by atoms with Crippen molar-refractivity contribution in [2.45, 2.75) is 17.8 Å². The van der Waals surface area contributed by atoms with Crippen molar-refractivity contribution in [3.05, 3.63) is 41.9 Å². The molecule has 0 amide bonds. The largest absolute Gasteiger partial charge is 0.383 e. The van der Waals surface area contributed by atoms with Crippen LogP contribution in [0.3, 0.4) is 0 Å².